The Hall–Kier alpha value is -3.47. The lowest BCUT2D eigenvalue weighted by atomic mass is 10.2. The summed E-state index contributed by atoms with van der Waals surface area (Å²) in [6.45, 7) is 0. The lowest BCUT2D eigenvalue weighted by Crippen LogP contribution is -2.08. The average molecular weight is 317 g/mol. The second-order valence-corrected chi connectivity index (χ2v) is 5.23. The van der Waals surface area contributed by atoms with E-state index in [1.807, 2.05) is 6.07 Å². The summed E-state index contributed by atoms with van der Waals surface area (Å²) in [5.41, 5.74) is 1.95. The Labute approximate surface area is 136 Å². The zero-order valence-corrected chi connectivity index (χ0v) is 12.4. The summed E-state index contributed by atoms with van der Waals surface area (Å²) in [6.07, 6.45) is 0. The molecule has 24 heavy (non-hydrogen) atoms. The molecule has 5 heteroatoms. The van der Waals surface area contributed by atoms with Gasteiger partial charge in [-0.3, -0.25) is 4.79 Å². The number of esters is 1. The van der Waals surface area contributed by atoms with E-state index in [2.05, 4.69) is 4.98 Å². The zero-order valence-electron chi connectivity index (χ0n) is 12.4. The van der Waals surface area contributed by atoms with E-state index in [0.717, 1.165) is 0 Å². The Kier molecular flexibility index (Phi) is 3.31. The van der Waals surface area contributed by atoms with Crippen molar-refractivity contribution in [2.75, 3.05) is 0 Å². The first-order valence-electron chi connectivity index (χ1n) is 7.31. The molecule has 2 aromatic rings. The van der Waals surface area contributed by atoms with Crippen molar-refractivity contribution in [1.82, 2.24) is 4.98 Å². The maximum Gasteiger partial charge on any atom is 0.343 e. The number of rotatable bonds is 2. The van der Waals surface area contributed by atoms with Crippen LogP contribution in [0.25, 0.3) is 22.6 Å². The van der Waals surface area contributed by atoms with E-state index < -0.39 is 5.97 Å². The molecule has 0 unspecified atom stereocenters. The molecular formula is C19H11NO4. The van der Waals surface area contributed by atoms with Gasteiger partial charge in [0, 0.05) is 12.1 Å². The van der Waals surface area contributed by atoms with Gasteiger partial charge in [-0.25, -0.2) is 9.78 Å². The molecule has 0 radical (unpaired) electrons. The minimum absolute atomic E-state index is 0.154. The van der Waals surface area contributed by atoms with Gasteiger partial charge in [0.2, 0.25) is 0 Å². The first-order chi connectivity index (χ1) is 11.7. The summed E-state index contributed by atoms with van der Waals surface area (Å²) >= 11 is 0. The van der Waals surface area contributed by atoms with Gasteiger partial charge in [0.25, 0.3) is 0 Å². The van der Waals surface area contributed by atoms with E-state index in [1.165, 1.54) is 12.1 Å². The Balaban J connectivity index is 1.73. The van der Waals surface area contributed by atoms with Gasteiger partial charge >= 0.3 is 5.97 Å². The molecule has 0 spiro atoms. The highest BCUT2D eigenvalue weighted by Crippen LogP contribution is 2.26. The van der Waals surface area contributed by atoms with Crippen molar-refractivity contribution in [3.63, 3.8) is 0 Å². The van der Waals surface area contributed by atoms with Crippen LogP contribution >= 0.6 is 0 Å². The van der Waals surface area contributed by atoms with E-state index in [9.17, 15) is 9.59 Å². The lowest BCUT2D eigenvalue weighted by Gasteiger charge is -2.08. The highest BCUT2D eigenvalue weighted by Gasteiger charge is 2.12. The van der Waals surface area contributed by atoms with Gasteiger partial charge in [0.05, 0.1) is 5.56 Å². The summed E-state index contributed by atoms with van der Waals surface area (Å²) < 4.78 is 11.1. The van der Waals surface area contributed by atoms with E-state index in [1.54, 1.807) is 48.5 Å². The first kappa shape index (κ1) is 14.1. The van der Waals surface area contributed by atoms with Crippen molar-refractivity contribution in [2.45, 2.75) is 0 Å². The van der Waals surface area contributed by atoms with Crippen molar-refractivity contribution in [3.05, 3.63) is 82.5 Å². The molecule has 2 aromatic carbocycles. The highest BCUT2D eigenvalue weighted by molar-refractivity contribution is 5.91. The van der Waals surface area contributed by atoms with Crippen molar-refractivity contribution in [2.24, 2.45) is 0 Å². The van der Waals surface area contributed by atoms with Crippen molar-refractivity contribution in [3.8, 4) is 17.2 Å². The number of hydrogen-bond donors (Lipinski definition) is 0. The molecule has 0 amide bonds. The van der Waals surface area contributed by atoms with Crippen LogP contribution in [0.3, 0.4) is 0 Å². The van der Waals surface area contributed by atoms with Crippen LogP contribution in [-0.2, 0) is 0 Å². The van der Waals surface area contributed by atoms with Crippen LogP contribution in [0.4, 0.5) is 0 Å². The second-order valence-electron chi connectivity index (χ2n) is 5.23. The molecule has 0 aromatic heterocycles. The average Bonchev–Trinajstić information content (AvgIpc) is 2.60. The lowest BCUT2D eigenvalue weighted by molar-refractivity contribution is 0.0735. The van der Waals surface area contributed by atoms with Gasteiger partial charge in [-0.05, 0) is 36.4 Å². The Bertz CT molecular complexity index is 1070. The van der Waals surface area contributed by atoms with Gasteiger partial charge in [0.1, 0.15) is 17.0 Å². The van der Waals surface area contributed by atoms with Crippen molar-refractivity contribution < 1.29 is 13.9 Å². The number of carbonyl (C=O) groups excluding carboxylic acids is 1. The fraction of sp³-hybridized carbons (Fsp3) is 0. The molecule has 0 saturated heterocycles. The van der Waals surface area contributed by atoms with E-state index in [-0.39, 0.29) is 5.43 Å². The number of carbonyl (C=O) groups is 1. The molecule has 0 atom stereocenters. The van der Waals surface area contributed by atoms with Crippen LogP contribution in [0.2, 0.25) is 0 Å². The van der Waals surface area contributed by atoms with Crippen molar-refractivity contribution >= 4 is 17.1 Å². The summed E-state index contributed by atoms with van der Waals surface area (Å²) in [5.74, 6) is 0.284. The Morgan fingerprint density at radius 3 is 2.62 bits per heavy atom. The number of benzene rings is 3. The van der Waals surface area contributed by atoms with Crippen molar-refractivity contribution in [1.29, 1.82) is 0 Å². The monoisotopic (exact) mass is 317 g/mol. The molecule has 1 aliphatic carbocycles. The third kappa shape index (κ3) is 2.63. The minimum atomic E-state index is -0.453. The van der Waals surface area contributed by atoms with E-state index in [4.69, 9.17) is 9.15 Å². The zero-order chi connectivity index (χ0) is 16.5. The normalized spacial score (nSPS) is 10.8. The number of nitrogens with zero attached hydrogens (tertiary/aromatic N) is 1. The summed E-state index contributed by atoms with van der Waals surface area (Å²) in [6, 6.07) is 18.1. The standard InChI is InChI=1S/C19H11NO4/c21-13-6-8-15-17(10-13)24-18-11-14(7-9-16(18)20-15)23-19(22)12-4-2-1-3-5-12/h1-11H. The maximum absolute atomic E-state index is 12.1. The molecule has 0 bridgehead atoms. The van der Waals surface area contributed by atoms with Gasteiger partial charge in [-0.2, -0.15) is 0 Å². The molecular weight excluding hydrogens is 306 g/mol. The fourth-order valence-corrected chi connectivity index (χ4v) is 2.39. The van der Waals surface area contributed by atoms with Gasteiger partial charge < -0.3 is 9.15 Å². The van der Waals surface area contributed by atoms with Crippen LogP contribution in [0.1, 0.15) is 10.4 Å². The number of fused-ring (bicyclic) bond motifs is 2. The van der Waals surface area contributed by atoms with Crippen LogP contribution < -0.4 is 10.2 Å². The van der Waals surface area contributed by atoms with E-state index in [0.29, 0.717) is 33.9 Å². The van der Waals surface area contributed by atoms with Crippen LogP contribution in [0, 0.1) is 0 Å². The first-order valence-corrected chi connectivity index (χ1v) is 7.31. The largest absolute Gasteiger partial charge is 0.453 e. The molecule has 5 nitrogen and oxygen atoms in total. The highest BCUT2D eigenvalue weighted by atomic mass is 16.5. The third-order valence-electron chi connectivity index (χ3n) is 3.54. The van der Waals surface area contributed by atoms with Crippen LogP contribution in [0.15, 0.2) is 75.9 Å². The Morgan fingerprint density at radius 1 is 0.958 bits per heavy atom. The Morgan fingerprint density at radius 2 is 1.79 bits per heavy atom. The molecule has 0 fully saturated rings. The molecule has 0 N–H and O–H groups in total. The van der Waals surface area contributed by atoms with Gasteiger partial charge in [-0.15, -0.1) is 0 Å². The van der Waals surface area contributed by atoms with Crippen LogP contribution in [-0.4, -0.2) is 11.0 Å². The molecule has 1 heterocycles. The predicted molar refractivity (Wildman–Crippen MR) is 88.3 cm³/mol. The molecule has 1 aliphatic heterocycles. The third-order valence-corrected chi connectivity index (χ3v) is 3.54. The molecule has 0 saturated carbocycles. The SMILES string of the molecule is O=C(Oc1ccc2nc3ccc(=O)cc-3oc2c1)c1ccccc1. The number of aromatic nitrogens is 1. The second kappa shape index (κ2) is 5.62. The molecule has 2 aliphatic rings. The summed E-state index contributed by atoms with van der Waals surface area (Å²) in [5, 5.41) is 0. The maximum atomic E-state index is 12.1. The smallest absolute Gasteiger partial charge is 0.343 e. The minimum Gasteiger partial charge on any atom is -0.453 e. The summed E-state index contributed by atoms with van der Waals surface area (Å²) in [4.78, 5) is 28.0. The van der Waals surface area contributed by atoms with E-state index >= 15 is 0 Å². The fourth-order valence-electron chi connectivity index (χ4n) is 2.39. The number of hydrogen-bond acceptors (Lipinski definition) is 5. The topological polar surface area (TPSA) is 69.4 Å². The quantitative estimate of drug-likeness (QED) is 0.321. The van der Waals surface area contributed by atoms with Crippen LogP contribution in [0.5, 0.6) is 5.75 Å². The molecule has 116 valence electrons. The van der Waals surface area contributed by atoms with Gasteiger partial charge in [-0.1, -0.05) is 18.2 Å². The molecule has 4 rings (SSSR count). The number of ether oxygens (including phenoxy) is 1. The summed E-state index contributed by atoms with van der Waals surface area (Å²) in [7, 11) is 0. The van der Waals surface area contributed by atoms with Gasteiger partial charge in [0.15, 0.2) is 16.8 Å². The predicted octanol–water partition coefficient (Wildman–Crippen LogP) is 3.51.